The molecule has 0 radical (unpaired) electrons. The van der Waals surface area contributed by atoms with Crippen molar-refractivity contribution in [2.75, 3.05) is 13.2 Å². The lowest BCUT2D eigenvalue weighted by Gasteiger charge is -2.26. The van der Waals surface area contributed by atoms with E-state index in [2.05, 4.69) is 10.5 Å². The standard InChI is InChI=1S/C17H28BN3O6/c1-17(2,3)27-11-15(20-18(4)24)16(23)19-13(10-22)9-12-5-7-14(8-6-12)21(25)26/h5-8,13,15,20,22,24H,9-11H2,1-4H3,(H,19,23)/t13-,15+/m1/s1. The predicted octanol–water partition coefficient (Wildman–Crippen LogP) is 0.498. The number of benzene rings is 1. The van der Waals surface area contributed by atoms with Gasteiger partial charge in [0.1, 0.15) is 6.04 Å². The summed E-state index contributed by atoms with van der Waals surface area (Å²) < 4.78 is 5.62. The number of nitrogens with one attached hydrogen (secondary N) is 2. The van der Waals surface area contributed by atoms with Crippen LogP contribution in [0.5, 0.6) is 0 Å². The molecule has 0 aliphatic heterocycles. The van der Waals surface area contributed by atoms with E-state index in [1.54, 1.807) is 12.1 Å². The number of hydrogen-bond acceptors (Lipinski definition) is 7. The fourth-order valence-electron chi connectivity index (χ4n) is 2.33. The molecule has 0 saturated carbocycles. The molecule has 2 atom stereocenters. The van der Waals surface area contributed by atoms with Crippen LogP contribution in [0, 0.1) is 10.1 Å². The molecule has 27 heavy (non-hydrogen) atoms. The van der Waals surface area contributed by atoms with Crippen molar-refractivity contribution in [3.8, 4) is 0 Å². The molecule has 0 aliphatic rings. The largest absolute Gasteiger partial charge is 0.437 e. The number of nitrogens with zero attached hydrogens (tertiary/aromatic N) is 1. The minimum absolute atomic E-state index is 0.0242. The van der Waals surface area contributed by atoms with E-state index in [1.165, 1.54) is 19.0 Å². The molecule has 1 aromatic rings. The SMILES string of the molecule is CB(O)N[C@@H](COC(C)(C)C)C(=O)N[C@@H](CO)Cc1ccc([N+](=O)[O-])cc1. The summed E-state index contributed by atoms with van der Waals surface area (Å²) in [6.07, 6.45) is 0.307. The number of aliphatic hydroxyl groups excluding tert-OH is 1. The van der Waals surface area contributed by atoms with Crippen LogP contribution in [-0.2, 0) is 16.0 Å². The third kappa shape index (κ3) is 8.96. The molecule has 1 aromatic carbocycles. The van der Waals surface area contributed by atoms with E-state index < -0.39 is 35.6 Å². The maximum Gasteiger partial charge on any atom is 0.374 e. The Morgan fingerprint density at radius 3 is 2.37 bits per heavy atom. The molecule has 9 nitrogen and oxygen atoms in total. The first-order valence-electron chi connectivity index (χ1n) is 8.74. The quantitative estimate of drug-likeness (QED) is 0.263. The Bertz CT molecular complexity index is 618. The van der Waals surface area contributed by atoms with Crippen molar-refractivity contribution >= 4 is 18.6 Å². The molecule has 10 heteroatoms. The van der Waals surface area contributed by atoms with Crippen molar-refractivity contribution in [3.63, 3.8) is 0 Å². The van der Waals surface area contributed by atoms with E-state index in [9.17, 15) is 25.0 Å². The minimum Gasteiger partial charge on any atom is -0.437 e. The Balaban J connectivity index is 2.73. The van der Waals surface area contributed by atoms with Gasteiger partial charge in [0, 0.05) is 12.1 Å². The summed E-state index contributed by atoms with van der Waals surface area (Å²) >= 11 is 0. The van der Waals surface area contributed by atoms with Crippen LogP contribution < -0.4 is 10.5 Å². The number of nitro groups is 1. The second-order valence-corrected chi connectivity index (χ2v) is 7.33. The molecular weight excluding hydrogens is 353 g/mol. The average molecular weight is 381 g/mol. The minimum atomic E-state index is -0.911. The normalized spacial score (nSPS) is 13.7. The number of aliphatic hydroxyl groups is 1. The smallest absolute Gasteiger partial charge is 0.374 e. The van der Waals surface area contributed by atoms with E-state index in [0.717, 1.165) is 5.56 Å². The molecule has 4 N–H and O–H groups in total. The highest BCUT2D eigenvalue weighted by Gasteiger charge is 2.26. The van der Waals surface area contributed by atoms with E-state index in [0.29, 0.717) is 6.42 Å². The average Bonchev–Trinajstić information content (AvgIpc) is 2.57. The van der Waals surface area contributed by atoms with Crippen LogP contribution in [0.25, 0.3) is 0 Å². The van der Waals surface area contributed by atoms with Crippen LogP contribution in [0.4, 0.5) is 5.69 Å². The van der Waals surface area contributed by atoms with Crippen molar-refractivity contribution in [1.82, 2.24) is 10.5 Å². The first kappa shape index (κ1) is 23.0. The molecule has 0 fully saturated rings. The number of ether oxygens (including phenoxy) is 1. The Kier molecular flexibility index (Phi) is 8.84. The predicted molar refractivity (Wildman–Crippen MR) is 102 cm³/mol. The van der Waals surface area contributed by atoms with Crippen LogP contribution in [0.1, 0.15) is 26.3 Å². The Morgan fingerprint density at radius 2 is 1.93 bits per heavy atom. The topological polar surface area (TPSA) is 134 Å². The van der Waals surface area contributed by atoms with Gasteiger partial charge < -0.3 is 25.4 Å². The van der Waals surface area contributed by atoms with Crippen molar-refractivity contribution in [2.45, 2.75) is 51.7 Å². The van der Waals surface area contributed by atoms with Crippen LogP contribution >= 0.6 is 0 Å². The molecule has 0 bridgehead atoms. The molecule has 0 heterocycles. The van der Waals surface area contributed by atoms with Crippen molar-refractivity contribution in [3.05, 3.63) is 39.9 Å². The zero-order valence-electron chi connectivity index (χ0n) is 16.1. The zero-order valence-corrected chi connectivity index (χ0v) is 16.1. The van der Waals surface area contributed by atoms with Crippen LogP contribution in [0.3, 0.4) is 0 Å². The van der Waals surface area contributed by atoms with E-state index in [4.69, 9.17) is 4.74 Å². The Hall–Kier alpha value is -2.01. The van der Waals surface area contributed by atoms with Crippen molar-refractivity contribution in [1.29, 1.82) is 0 Å². The van der Waals surface area contributed by atoms with Crippen molar-refractivity contribution < 1.29 is 24.6 Å². The number of non-ortho nitro benzene ring substituents is 1. The van der Waals surface area contributed by atoms with Crippen LogP contribution in [0.2, 0.25) is 6.82 Å². The summed E-state index contributed by atoms with van der Waals surface area (Å²) in [7, 11) is -0.911. The fraction of sp³-hybridized carbons (Fsp3) is 0.588. The number of nitro benzene ring substituents is 1. The highest BCUT2D eigenvalue weighted by Crippen LogP contribution is 2.13. The summed E-state index contributed by atoms with van der Waals surface area (Å²) in [5.41, 5.74) is 0.267. The Labute approximate surface area is 159 Å². The van der Waals surface area contributed by atoms with Gasteiger partial charge in [-0.3, -0.25) is 14.9 Å². The second-order valence-electron chi connectivity index (χ2n) is 7.33. The molecule has 1 amide bonds. The maximum absolute atomic E-state index is 12.5. The van der Waals surface area contributed by atoms with Gasteiger partial charge in [0.2, 0.25) is 5.91 Å². The van der Waals surface area contributed by atoms with Gasteiger partial charge in [0.15, 0.2) is 0 Å². The lowest BCUT2D eigenvalue weighted by atomic mass is 9.87. The van der Waals surface area contributed by atoms with Crippen LogP contribution in [0.15, 0.2) is 24.3 Å². The van der Waals surface area contributed by atoms with Gasteiger partial charge >= 0.3 is 7.05 Å². The van der Waals surface area contributed by atoms with E-state index in [1.807, 2.05) is 20.8 Å². The summed E-state index contributed by atoms with van der Waals surface area (Å²) in [4.78, 5) is 22.7. The molecule has 150 valence electrons. The molecule has 0 aliphatic carbocycles. The summed E-state index contributed by atoms with van der Waals surface area (Å²) in [6, 6.07) is 4.55. The van der Waals surface area contributed by atoms with Gasteiger partial charge in [-0.25, -0.2) is 0 Å². The number of carbonyl (C=O) groups excluding carboxylic acids is 1. The third-order valence-electron chi connectivity index (χ3n) is 3.64. The fourth-order valence-corrected chi connectivity index (χ4v) is 2.33. The van der Waals surface area contributed by atoms with Crippen LogP contribution in [-0.4, -0.2) is 58.9 Å². The lowest BCUT2D eigenvalue weighted by molar-refractivity contribution is -0.384. The van der Waals surface area contributed by atoms with Crippen molar-refractivity contribution in [2.24, 2.45) is 0 Å². The molecule has 0 spiro atoms. The zero-order chi connectivity index (χ0) is 20.6. The molecule has 1 rings (SSSR count). The molecule has 0 aromatic heterocycles. The first-order chi connectivity index (χ1) is 12.5. The van der Waals surface area contributed by atoms with Gasteiger partial charge in [0.05, 0.1) is 29.8 Å². The summed E-state index contributed by atoms with van der Waals surface area (Å²) in [5.74, 6) is -0.416. The van der Waals surface area contributed by atoms with E-state index in [-0.39, 0.29) is 18.9 Å². The number of rotatable bonds is 10. The van der Waals surface area contributed by atoms with Gasteiger partial charge in [-0.15, -0.1) is 0 Å². The number of carbonyl (C=O) groups is 1. The third-order valence-corrected chi connectivity index (χ3v) is 3.64. The molecule has 0 unspecified atom stereocenters. The Morgan fingerprint density at radius 1 is 1.33 bits per heavy atom. The summed E-state index contributed by atoms with van der Waals surface area (Å²) in [5, 5.41) is 35.3. The van der Waals surface area contributed by atoms with Gasteiger partial charge in [0.25, 0.3) is 5.69 Å². The van der Waals surface area contributed by atoms with Gasteiger partial charge in [-0.2, -0.15) is 0 Å². The second kappa shape index (κ2) is 10.4. The lowest BCUT2D eigenvalue weighted by Crippen LogP contribution is -2.55. The maximum atomic E-state index is 12.5. The monoisotopic (exact) mass is 381 g/mol. The van der Waals surface area contributed by atoms with Gasteiger partial charge in [-0.1, -0.05) is 12.1 Å². The highest BCUT2D eigenvalue weighted by molar-refractivity contribution is 6.46. The molecular formula is C17H28BN3O6. The first-order valence-corrected chi connectivity index (χ1v) is 8.74. The number of amides is 1. The van der Waals surface area contributed by atoms with Gasteiger partial charge in [-0.05, 0) is 39.6 Å². The van der Waals surface area contributed by atoms with E-state index >= 15 is 0 Å². The number of hydrogen-bond donors (Lipinski definition) is 4. The summed E-state index contributed by atoms with van der Waals surface area (Å²) in [6.45, 7) is 6.82. The highest BCUT2D eigenvalue weighted by atomic mass is 16.6. The molecule has 0 saturated heterocycles.